The number of hydrogen-bond donors (Lipinski definition) is 1. The zero-order valence-corrected chi connectivity index (χ0v) is 22.9. The van der Waals surface area contributed by atoms with Gasteiger partial charge in [0.15, 0.2) is 0 Å². The maximum atomic E-state index is 14.7. The van der Waals surface area contributed by atoms with Gasteiger partial charge in [0, 0.05) is 57.4 Å². The fourth-order valence-electron chi connectivity index (χ4n) is 5.19. The third-order valence-corrected chi connectivity index (χ3v) is 7.28. The van der Waals surface area contributed by atoms with Gasteiger partial charge in [0.2, 0.25) is 0 Å². The Morgan fingerprint density at radius 1 is 0.951 bits per heavy atom. The van der Waals surface area contributed by atoms with Gasteiger partial charge in [0.1, 0.15) is 42.0 Å². The van der Waals surface area contributed by atoms with Crippen LogP contribution in [0.5, 0.6) is 5.75 Å². The van der Waals surface area contributed by atoms with Crippen LogP contribution in [0.2, 0.25) is 0 Å². The summed E-state index contributed by atoms with van der Waals surface area (Å²) >= 11 is 0. The van der Waals surface area contributed by atoms with Crippen molar-refractivity contribution in [2.45, 2.75) is 32.0 Å². The van der Waals surface area contributed by atoms with E-state index in [1.807, 2.05) is 31.2 Å². The highest BCUT2D eigenvalue weighted by Crippen LogP contribution is 2.28. The van der Waals surface area contributed by atoms with Crippen LogP contribution in [0.15, 0.2) is 66.2 Å². The largest absolute Gasteiger partial charge is 0.494 e. The summed E-state index contributed by atoms with van der Waals surface area (Å²) in [6.45, 7) is 6.73. The van der Waals surface area contributed by atoms with E-state index < -0.39 is 17.2 Å². The molecule has 0 bridgehead atoms. The highest BCUT2D eigenvalue weighted by molar-refractivity contribution is 5.37. The highest BCUT2D eigenvalue weighted by atomic mass is 19.1. The average Bonchev–Trinajstić information content (AvgIpc) is 3.59. The number of ether oxygens (including phenoxy) is 1. The molecule has 1 N–H and O–H groups in total. The average molecular weight is 569 g/mol. The summed E-state index contributed by atoms with van der Waals surface area (Å²) < 4.78 is 38.2. The van der Waals surface area contributed by atoms with E-state index in [1.165, 1.54) is 39.0 Å². The lowest BCUT2D eigenvalue weighted by molar-refractivity contribution is -0.0319. The molecule has 1 fully saturated rings. The topological polar surface area (TPSA) is 106 Å². The molecule has 1 saturated heterocycles. The molecular formula is C28H34F2N8O3. The molecule has 2 aromatic heterocycles. The van der Waals surface area contributed by atoms with Gasteiger partial charge in [-0.25, -0.2) is 32.5 Å². The van der Waals surface area contributed by atoms with E-state index >= 15 is 0 Å². The Kier molecular flexibility index (Phi) is 8.86. The summed E-state index contributed by atoms with van der Waals surface area (Å²) in [5, 5.41) is 19.9. The Bertz CT molecular complexity index is 1470. The van der Waals surface area contributed by atoms with Crippen molar-refractivity contribution in [1.82, 2.24) is 38.9 Å². The van der Waals surface area contributed by atoms with Crippen LogP contribution >= 0.6 is 0 Å². The molecule has 41 heavy (non-hydrogen) atoms. The van der Waals surface area contributed by atoms with E-state index in [4.69, 9.17) is 4.74 Å². The maximum absolute atomic E-state index is 14.7. The van der Waals surface area contributed by atoms with Gasteiger partial charge in [0.25, 0.3) is 0 Å². The van der Waals surface area contributed by atoms with Crippen LogP contribution in [0.25, 0.3) is 5.69 Å². The molecule has 0 spiro atoms. The predicted molar refractivity (Wildman–Crippen MR) is 147 cm³/mol. The van der Waals surface area contributed by atoms with Crippen LogP contribution in [0, 0.1) is 11.6 Å². The lowest BCUT2D eigenvalue weighted by Gasteiger charge is -2.39. The van der Waals surface area contributed by atoms with Crippen LogP contribution in [0.3, 0.4) is 0 Å². The minimum atomic E-state index is -1.63. The van der Waals surface area contributed by atoms with Crippen molar-refractivity contribution in [2.24, 2.45) is 0 Å². The first-order chi connectivity index (χ1) is 19.8. The third-order valence-electron chi connectivity index (χ3n) is 7.28. The molecule has 4 aromatic rings. The van der Waals surface area contributed by atoms with Crippen molar-refractivity contribution >= 4 is 0 Å². The maximum Gasteiger partial charge on any atom is 0.350 e. The minimum absolute atomic E-state index is 0.0200. The molecule has 3 heterocycles. The molecule has 1 unspecified atom stereocenters. The third kappa shape index (κ3) is 6.87. The molecule has 2 aromatic carbocycles. The second-order valence-corrected chi connectivity index (χ2v) is 10.2. The molecule has 0 amide bonds. The molecule has 0 radical (unpaired) electrons. The Hall–Kier alpha value is -3.94. The van der Waals surface area contributed by atoms with E-state index in [9.17, 15) is 18.7 Å². The summed E-state index contributed by atoms with van der Waals surface area (Å²) in [7, 11) is 0. The fraction of sp³-hybridized carbons (Fsp3) is 0.429. The Balaban J connectivity index is 1.14. The smallest absolute Gasteiger partial charge is 0.350 e. The van der Waals surface area contributed by atoms with E-state index in [1.54, 1.807) is 0 Å². The van der Waals surface area contributed by atoms with Crippen molar-refractivity contribution in [3.63, 3.8) is 0 Å². The molecule has 0 saturated carbocycles. The molecule has 218 valence electrons. The number of aromatic nitrogens is 6. The number of piperazine rings is 1. The lowest BCUT2D eigenvalue weighted by atomic mass is 9.92. The molecular weight excluding hydrogens is 534 g/mol. The predicted octanol–water partition coefficient (Wildman–Crippen LogP) is 1.90. The molecule has 5 rings (SSSR count). The first kappa shape index (κ1) is 28.6. The van der Waals surface area contributed by atoms with Crippen molar-refractivity contribution in [3.05, 3.63) is 89.1 Å². The standard InChI is InChI=1S/C28H34F2N8O3/c1-2-41-24-7-5-23(6-8-24)37-21-33-38(27(37)39)11-3-10-34-12-14-35(15-13-34)17-28(40,18-36-20-31-19-32-36)25-9-4-22(29)16-26(25)30/h4-9,16,19-21,40H,2-3,10-15,17-18H2,1H3. The van der Waals surface area contributed by atoms with Crippen molar-refractivity contribution in [1.29, 1.82) is 0 Å². The van der Waals surface area contributed by atoms with Crippen LogP contribution in [0.4, 0.5) is 8.78 Å². The van der Waals surface area contributed by atoms with E-state index in [0.29, 0.717) is 26.2 Å². The SMILES string of the molecule is CCOc1ccc(-n2cnn(CCCN3CCN(CC(O)(Cn4cncn4)c4ccc(F)cc4F)CC3)c2=O)cc1. The fourth-order valence-corrected chi connectivity index (χ4v) is 5.19. The Labute approximate surface area is 236 Å². The van der Waals surface area contributed by atoms with E-state index in [-0.39, 0.29) is 24.3 Å². The van der Waals surface area contributed by atoms with Crippen molar-refractivity contribution in [3.8, 4) is 11.4 Å². The van der Waals surface area contributed by atoms with Gasteiger partial charge < -0.3 is 14.7 Å². The van der Waals surface area contributed by atoms with Crippen LogP contribution in [-0.4, -0.2) is 89.9 Å². The van der Waals surface area contributed by atoms with Gasteiger partial charge >= 0.3 is 5.69 Å². The number of nitrogens with zero attached hydrogens (tertiary/aromatic N) is 8. The van der Waals surface area contributed by atoms with Crippen LogP contribution < -0.4 is 10.4 Å². The zero-order valence-electron chi connectivity index (χ0n) is 22.9. The number of halogens is 2. The molecule has 0 aliphatic carbocycles. The molecule has 11 nitrogen and oxygen atoms in total. The van der Waals surface area contributed by atoms with Gasteiger partial charge in [-0.05, 0) is 43.7 Å². The zero-order chi connectivity index (χ0) is 28.8. The van der Waals surface area contributed by atoms with Crippen LogP contribution in [0.1, 0.15) is 18.9 Å². The Morgan fingerprint density at radius 3 is 2.39 bits per heavy atom. The van der Waals surface area contributed by atoms with Crippen LogP contribution in [-0.2, 0) is 18.7 Å². The second kappa shape index (κ2) is 12.7. The number of rotatable bonds is 12. The Morgan fingerprint density at radius 2 is 1.71 bits per heavy atom. The summed E-state index contributed by atoms with van der Waals surface area (Å²) in [4.78, 5) is 21.1. The second-order valence-electron chi connectivity index (χ2n) is 10.2. The lowest BCUT2D eigenvalue weighted by Crippen LogP contribution is -2.52. The van der Waals surface area contributed by atoms with Gasteiger partial charge in [-0.3, -0.25) is 4.90 Å². The number of benzene rings is 2. The molecule has 1 atom stereocenters. The molecule has 1 aliphatic heterocycles. The normalized spacial score (nSPS) is 16.1. The number of hydrogen-bond acceptors (Lipinski definition) is 8. The number of β-amino-alcohol motifs (C(OH)–C–C–N with tert-alkyl or cyclic N) is 1. The summed E-state index contributed by atoms with van der Waals surface area (Å²) in [5.41, 5.74) is -1.08. The number of aryl methyl sites for hydroxylation is 1. The van der Waals surface area contributed by atoms with Crippen molar-refractivity contribution in [2.75, 3.05) is 45.9 Å². The first-order valence-electron chi connectivity index (χ1n) is 13.7. The first-order valence-corrected chi connectivity index (χ1v) is 13.7. The monoisotopic (exact) mass is 568 g/mol. The molecule has 13 heteroatoms. The summed E-state index contributed by atoms with van der Waals surface area (Å²) in [6, 6.07) is 10.5. The summed E-state index contributed by atoms with van der Waals surface area (Å²) in [6.07, 6.45) is 5.08. The van der Waals surface area contributed by atoms with Gasteiger partial charge in [-0.15, -0.1) is 0 Å². The van der Waals surface area contributed by atoms with E-state index in [2.05, 4.69) is 25.0 Å². The molecule has 1 aliphatic rings. The van der Waals surface area contributed by atoms with Gasteiger partial charge in [-0.1, -0.05) is 6.07 Å². The quantitative estimate of drug-likeness (QED) is 0.276. The van der Waals surface area contributed by atoms with Crippen molar-refractivity contribution < 1.29 is 18.6 Å². The van der Waals surface area contributed by atoms with Gasteiger partial charge in [0.05, 0.1) is 18.8 Å². The minimum Gasteiger partial charge on any atom is -0.494 e. The van der Waals surface area contributed by atoms with E-state index in [0.717, 1.165) is 49.6 Å². The summed E-state index contributed by atoms with van der Waals surface area (Å²) in [5.74, 6) is -0.751. The highest BCUT2D eigenvalue weighted by Gasteiger charge is 2.36. The van der Waals surface area contributed by atoms with Gasteiger partial charge in [-0.2, -0.15) is 10.2 Å². The number of aliphatic hydroxyl groups is 1.